The molecule has 7 nitrogen and oxygen atoms in total. The molecule has 1 aliphatic rings. The molecular formula is C12H19N5O2. The lowest BCUT2D eigenvalue weighted by atomic mass is 9.61. The number of hydrogen-bond donors (Lipinski definition) is 3. The smallest absolute Gasteiger partial charge is 0.238 e. The van der Waals surface area contributed by atoms with Crippen molar-refractivity contribution < 1.29 is 10.0 Å². The molecule has 2 rings (SSSR count). The standard InChI is InChI=1S/C12H19N5O2/c1-7-4-12(5-7,10(13)16-19)11(18)14-9-6-17(3)15-8(9)2/h6-7,19H,4-5H2,1-3H3,(H2,13,16)(H,14,18). The van der Waals surface area contributed by atoms with Gasteiger partial charge in [0.1, 0.15) is 5.41 Å². The summed E-state index contributed by atoms with van der Waals surface area (Å²) in [6.45, 7) is 3.85. The molecule has 1 aromatic rings. The summed E-state index contributed by atoms with van der Waals surface area (Å²) in [6, 6.07) is 0. The first-order valence-electron chi connectivity index (χ1n) is 6.19. The Balaban J connectivity index is 2.20. The summed E-state index contributed by atoms with van der Waals surface area (Å²) in [4.78, 5) is 12.4. The molecule has 4 N–H and O–H groups in total. The molecule has 7 heteroatoms. The molecule has 1 amide bonds. The lowest BCUT2D eigenvalue weighted by Gasteiger charge is -2.43. The first kappa shape index (κ1) is 13.4. The highest BCUT2D eigenvalue weighted by Gasteiger charge is 2.52. The molecule has 1 saturated carbocycles. The van der Waals surface area contributed by atoms with Gasteiger partial charge in [-0.3, -0.25) is 9.48 Å². The van der Waals surface area contributed by atoms with Crippen molar-refractivity contribution in [3.63, 3.8) is 0 Å². The van der Waals surface area contributed by atoms with Crippen LogP contribution in [0.3, 0.4) is 0 Å². The molecule has 0 aliphatic heterocycles. The SMILES string of the molecule is Cc1nn(C)cc1NC(=O)C1(C(N)=NO)CC(C)C1. The van der Waals surface area contributed by atoms with Crippen LogP contribution in [0.5, 0.6) is 0 Å². The van der Waals surface area contributed by atoms with Crippen molar-refractivity contribution in [3.8, 4) is 0 Å². The first-order valence-corrected chi connectivity index (χ1v) is 6.19. The van der Waals surface area contributed by atoms with Crippen LogP contribution in [-0.4, -0.2) is 26.7 Å². The first-order chi connectivity index (χ1) is 8.89. The van der Waals surface area contributed by atoms with Gasteiger partial charge in [0, 0.05) is 13.2 Å². The summed E-state index contributed by atoms with van der Waals surface area (Å²) in [5.74, 6) is 0.127. The number of carbonyl (C=O) groups is 1. The van der Waals surface area contributed by atoms with E-state index in [0.29, 0.717) is 24.4 Å². The van der Waals surface area contributed by atoms with E-state index in [4.69, 9.17) is 10.9 Å². The number of aryl methyl sites for hydroxylation is 2. The molecule has 0 saturated heterocycles. The van der Waals surface area contributed by atoms with E-state index in [1.807, 2.05) is 13.8 Å². The number of anilines is 1. The van der Waals surface area contributed by atoms with Crippen LogP contribution in [0.2, 0.25) is 0 Å². The second-order valence-corrected chi connectivity index (χ2v) is 5.34. The monoisotopic (exact) mass is 265 g/mol. The maximum absolute atomic E-state index is 12.4. The summed E-state index contributed by atoms with van der Waals surface area (Å²) in [6.07, 6.45) is 2.91. The van der Waals surface area contributed by atoms with E-state index < -0.39 is 5.41 Å². The van der Waals surface area contributed by atoms with Gasteiger partial charge in [-0.2, -0.15) is 5.10 Å². The van der Waals surface area contributed by atoms with Gasteiger partial charge < -0.3 is 16.3 Å². The van der Waals surface area contributed by atoms with E-state index in [0.717, 1.165) is 5.69 Å². The Morgan fingerprint density at radius 3 is 2.74 bits per heavy atom. The van der Waals surface area contributed by atoms with Crippen molar-refractivity contribution in [1.82, 2.24) is 9.78 Å². The van der Waals surface area contributed by atoms with E-state index in [-0.39, 0.29) is 11.7 Å². The number of amides is 1. The van der Waals surface area contributed by atoms with Crippen molar-refractivity contribution in [3.05, 3.63) is 11.9 Å². The number of nitrogens with zero attached hydrogens (tertiary/aromatic N) is 3. The molecule has 1 aromatic heterocycles. The molecular weight excluding hydrogens is 246 g/mol. The molecule has 0 unspecified atom stereocenters. The number of nitrogens with two attached hydrogens (primary N) is 1. The fourth-order valence-corrected chi connectivity index (χ4v) is 2.70. The second-order valence-electron chi connectivity index (χ2n) is 5.34. The van der Waals surface area contributed by atoms with Crippen LogP contribution < -0.4 is 11.1 Å². The van der Waals surface area contributed by atoms with Crippen LogP contribution >= 0.6 is 0 Å². The minimum atomic E-state index is -0.892. The number of nitrogens with one attached hydrogen (secondary N) is 1. The lowest BCUT2D eigenvalue weighted by molar-refractivity contribution is -0.127. The zero-order chi connectivity index (χ0) is 14.2. The maximum Gasteiger partial charge on any atom is 0.238 e. The lowest BCUT2D eigenvalue weighted by Crippen LogP contribution is -2.54. The summed E-state index contributed by atoms with van der Waals surface area (Å²) in [5, 5.41) is 18.9. The average Bonchev–Trinajstić information content (AvgIpc) is 2.62. The van der Waals surface area contributed by atoms with Crippen molar-refractivity contribution in [2.75, 3.05) is 5.32 Å². The van der Waals surface area contributed by atoms with E-state index in [2.05, 4.69) is 15.6 Å². The van der Waals surface area contributed by atoms with Gasteiger partial charge in [-0.15, -0.1) is 0 Å². The third-order valence-corrected chi connectivity index (χ3v) is 3.69. The summed E-state index contributed by atoms with van der Waals surface area (Å²) < 4.78 is 1.63. The van der Waals surface area contributed by atoms with Crippen LogP contribution in [-0.2, 0) is 11.8 Å². The van der Waals surface area contributed by atoms with E-state index in [9.17, 15) is 4.79 Å². The quantitative estimate of drug-likeness (QED) is 0.326. The van der Waals surface area contributed by atoms with Gasteiger partial charge in [0.2, 0.25) is 5.91 Å². The molecule has 0 spiro atoms. The predicted molar refractivity (Wildman–Crippen MR) is 70.8 cm³/mol. The Morgan fingerprint density at radius 1 is 1.68 bits per heavy atom. The van der Waals surface area contributed by atoms with Crippen LogP contribution in [0.4, 0.5) is 5.69 Å². The number of aromatic nitrogens is 2. The van der Waals surface area contributed by atoms with Crippen molar-refractivity contribution in [2.45, 2.75) is 26.7 Å². The van der Waals surface area contributed by atoms with Crippen molar-refractivity contribution in [2.24, 2.45) is 29.3 Å². The highest BCUT2D eigenvalue weighted by molar-refractivity contribution is 6.12. The van der Waals surface area contributed by atoms with E-state index in [1.165, 1.54) is 0 Å². The molecule has 19 heavy (non-hydrogen) atoms. The Morgan fingerprint density at radius 2 is 2.32 bits per heavy atom. The predicted octanol–water partition coefficient (Wildman–Crippen LogP) is 0.830. The second kappa shape index (κ2) is 4.56. The molecule has 0 aromatic carbocycles. The number of carbonyl (C=O) groups excluding carboxylic acids is 1. The Labute approximate surface area is 111 Å². The third kappa shape index (κ3) is 2.16. The van der Waals surface area contributed by atoms with Crippen LogP contribution in [0.15, 0.2) is 11.4 Å². The summed E-state index contributed by atoms with van der Waals surface area (Å²) >= 11 is 0. The van der Waals surface area contributed by atoms with Gasteiger partial charge in [-0.05, 0) is 25.7 Å². The van der Waals surface area contributed by atoms with Gasteiger partial charge in [-0.1, -0.05) is 12.1 Å². The molecule has 104 valence electrons. The van der Waals surface area contributed by atoms with E-state index in [1.54, 1.807) is 17.9 Å². The average molecular weight is 265 g/mol. The minimum absolute atomic E-state index is 0.0235. The molecule has 1 aliphatic carbocycles. The molecule has 1 heterocycles. The van der Waals surface area contributed by atoms with Gasteiger partial charge >= 0.3 is 0 Å². The molecule has 1 fully saturated rings. The van der Waals surface area contributed by atoms with Gasteiger partial charge in [-0.25, -0.2) is 0 Å². The summed E-state index contributed by atoms with van der Waals surface area (Å²) in [5.41, 5.74) is 6.18. The Kier molecular flexibility index (Phi) is 3.21. The largest absolute Gasteiger partial charge is 0.409 e. The van der Waals surface area contributed by atoms with E-state index >= 15 is 0 Å². The fourth-order valence-electron chi connectivity index (χ4n) is 2.70. The number of rotatable bonds is 3. The normalized spacial score (nSPS) is 26.9. The van der Waals surface area contributed by atoms with Crippen molar-refractivity contribution in [1.29, 1.82) is 0 Å². The van der Waals surface area contributed by atoms with Crippen LogP contribution in [0.1, 0.15) is 25.5 Å². The minimum Gasteiger partial charge on any atom is -0.409 e. The number of hydrogen-bond acceptors (Lipinski definition) is 4. The number of amidine groups is 1. The molecule has 0 atom stereocenters. The summed E-state index contributed by atoms with van der Waals surface area (Å²) in [7, 11) is 1.79. The zero-order valence-corrected chi connectivity index (χ0v) is 11.3. The van der Waals surface area contributed by atoms with Gasteiger partial charge in [0.25, 0.3) is 0 Å². The highest BCUT2D eigenvalue weighted by atomic mass is 16.4. The Bertz CT molecular complexity index is 528. The van der Waals surface area contributed by atoms with Gasteiger partial charge in [0.15, 0.2) is 5.84 Å². The zero-order valence-electron chi connectivity index (χ0n) is 11.3. The van der Waals surface area contributed by atoms with Crippen molar-refractivity contribution >= 4 is 17.4 Å². The maximum atomic E-state index is 12.4. The third-order valence-electron chi connectivity index (χ3n) is 3.69. The highest BCUT2D eigenvalue weighted by Crippen LogP contribution is 2.46. The Hall–Kier alpha value is -2.05. The molecule has 0 radical (unpaired) electrons. The number of oxime groups is 1. The van der Waals surface area contributed by atoms with Gasteiger partial charge in [0.05, 0.1) is 11.4 Å². The van der Waals surface area contributed by atoms with Crippen LogP contribution in [0, 0.1) is 18.3 Å². The van der Waals surface area contributed by atoms with Crippen LogP contribution in [0.25, 0.3) is 0 Å². The topological polar surface area (TPSA) is 106 Å². The fraction of sp³-hybridized carbons (Fsp3) is 0.583. The molecule has 0 bridgehead atoms.